The molecule has 0 saturated carbocycles. The lowest BCUT2D eigenvalue weighted by Crippen LogP contribution is -2.48. The van der Waals surface area contributed by atoms with Crippen molar-refractivity contribution in [3.05, 3.63) is 60.8 Å². The minimum absolute atomic E-state index is 0.0680. The van der Waals surface area contributed by atoms with Crippen molar-refractivity contribution in [1.29, 1.82) is 0 Å². The molecule has 1 atom stereocenters. The van der Waals surface area contributed by atoms with E-state index in [1.54, 1.807) is 19.2 Å². The van der Waals surface area contributed by atoms with Gasteiger partial charge in [0.25, 0.3) is 17.5 Å². The molecule has 0 saturated heterocycles. The van der Waals surface area contributed by atoms with E-state index in [1.807, 2.05) is 0 Å². The second-order valence-corrected chi connectivity index (χ2v) is 7.81. The van der Waals surface area contributed by atoms with Crippen LogP contribution in [0.25, 0.3) is 0 Å². The summed E-state index contributed by atoms with van der Waals surface area (Å²) in [5.41, 5.74) is -0.795. The van der Waals surface area contributed by atoms with Gasteiger partial charge >= 0.3 is 0 Å². The van der Waals surface area contributed by atoms with Gasteiger partial charge in [-0.05, 0) is 25.1 Å². The van der Waals surface area contributed by atoms with Crippen LogP contribution in [0.1, 0.15) is 32.5 Å². The lowest BCUT2D eigenvalue weighted by molar-refractivity contribution is -0.385. The van der Waals surface area contributed by atoms with E-state index in [9.17, 15) is 24.5 Å². The second kappa shape index (κ2) is 7.09. The molecule has 2 heterocycles. The number of hydrogen-bond acceptors (Lipinski definition) is 6. The highest BCUT2D eigenvalue weighted by Gasteiger charge is 2.45. The molecule has 0 fully saturated rings. The zero-order valence-corrected chi connectivity index (χ0v) is 15.9. The summed E-state index contributed by atoms with van der Waals surface area (Å²) in [5, 5.41) is 11.2. The monoisotopic (exact) mass is 407 g/mol. The van der Waals surface area contributed by atoms with Crippen LogP contribution in [0.15, 0.2) is 30.3 Å². The number of hydrogen-bond donors (Lipinski definition) is 0. The molecular formula is C17H14ClN3O5S. The SMILES string of the molecule is CC(C(=O)N(C)Cc1ccc(Cl)s1)N1C(=O)c2cccc([N+](=O)[O-])c2C1=O. The van der Waals surface area contributed by atoms with Crippen molar-refractivity contribution in [2.24, 2.45) is 0 Å². The number of nitro benzene ring substituents is 1. The minimum atomic E-state index is -1.10. The van der Waals surface area contributed by atoms with Crippen LogP contribution in [0.3, 0.4) is 0 Å². The molecule has 8 nitrogen and oxygen atoms in total. The third kappa shape index (κ3) is 3.31. The Morgan fingerprint density at radius 1 is 1.30 bits per heavy atom. The Hall–Kier alpha value is -2.78. The molecule has 3 amide bonds. The van der Waals surface area contributed by atoms with E-state index in [0.717, 1.165) is 15.8 Å². The molecular weight excluding hydrogens is 394 g/mol. The lowest BCUT2D eigenvalue weighted by Gasteiger charge is -2.26. The Balaban J connectivity index is 1.84. The number of nitrogens with zero attached hydrogens (tertiary/aromatic N) is 3. The van der Waals surface area contributed by atoms with Gasteiger partial charge in [0.2, 0.25) is 5.91 Å². The average Bonchev–Trinajstić information content (AvgIpc) is 3.14. The predicted molar refractivity (Wildman–Crippen MR) is 98.9 cm³/mol. The Kier molecular flexibility index (Phi) is 4.99. The minimum Gasteiger partial charge on any atom is -0.339 e. The molecule has 1 aliphatic heterocycles. The fourth-order valence-corrected chi connectivity index (χ4v) is 4.11. The number of benzene rings is 1. The number of carbonyl (C=O) groups is 3. The highest BCUT2D eigenvalue weighted by atomic mass is 35.5. The summed E-state index contributed by atoms with van der Waals surface area (Å²) in [6.45, 7) is 1.69. The molecule has 0 spiro atoms. The van der Waals surface area contributed by atoms with Crippen molar-refractivity contribution >= 4 is 46.3 Å². The Morgan fingerprint density at radius 2 is 2.00 bits per heavy atom. The van der Waals surface area contributed by atoms with Gasteiger partial charge in [-0.1, -0.05) is 17.7 Å². The van der Waals surface area contributed by atoms with E-state index in [2.05, 4.69) is 0 Å². The summed E-state index contributed by atoms with van der Waals surface area (Å²) in [6.07, 6.45) is 0. The number of carbonyl (C=O) groups excluding carboxylic acids is 3. The van der Waals surface area contributed by atoms with Crippen LogP contribution in [-0.2, 0) is 11.3 Å². The molecule has 27 heavy (non-hydrogen) atoms. The van der Waals surface area contributed by atoms with Crippen molar-refractivity contribution < 1.29 is 19.3 Å². The first kappa shape index (κ1) is 19.0. The summed E-state index contributed by atoms with van der Waals surface area (Å²) in [6, 6.07) is 6.24. The van der Waals surface area contributed by atoms with Gasteiger partial charge in [0.1, 0.15) is 11.6 Å². The van der Waals surface area contributed by atoms with Crippen LogP contribution in [0, 0.1) is 10.1 Å². The van der Waals surface area contributed by atoms with Gasteiger partial charge in [-0.2, -0.15) is 0 Å². The Morgan fingerprint density at radius 3 is 2.59 bits per heavy atom. The summed E-state index contributed by atoms with van der Waals surface area (Å²) in [4.78, 5) is 51.5. The van der Waals surface area contributed by atoms with Crippen LogP contribution in [0.4, 0.5) is 5.69 Å². The largest absolute Gasteiger partial charge is 0.339 e. The van der Waals surface area contributed by atoms with Crippen LogP contribution >= 0.6 is 22.9 Å². The van der Waals surface area contributed by atoms with Crippen molar-refractivity contribution in [3.8, 4) is 0 Å². The van der Waals surface area contributed by atoms with Gasteiger partial charge in [0.15, 0.2) is 0 Å². The van der Waals surface area contributed by atoms with Crippen LogP contribution in [-0.4, -0.2) is 45.5 Å². The van der Waals surface area contributed by atoms with Crippen LogP contribution < -0.4 is 0 Å². The van der Waals surface area contributed by atoms with Crippen molar-refractivity contribution in [1.82, 2.24) is 9.80 Å². The predicted octanol–water partition coefficient (Wildman–Crippen LogP) is 2.95. The quantitative estimate of drug-likeness (QED) is 0.431. The molecule has 0 bridgehead atoms. The summed E-state index contributed by atoms with van der Waals surface area (Å²) in [7, 11) is 1.55. The van der Waals surface area contributed by atoms with Gasteiger partial charge < -0.3 is 4.90 Å². The molecule has 1 aliphatic rings. The third-order valence-corrected chi connectivity index (χ3v) is 5.48. The third-order valence-electron chi connectivity index (χ3n) is 4.26. The Bertz CT molecular complexity index is 973. The van der Waals surface area contributed by atoms with Crippen LogP contribution in [0.5, 0.6) is 0 Å². The fraction of sp³-hybridized carbons (Fsp3) is 0.235. The van der Waals surface area contributed by atoms with Gasteiger partial charge in [-0.25, -0.2) is 0 Å². The van der Waals surface area contributed by atoms with Gasteiger partial charge in [0.05, 0.1) is 21.4 Å². The number of nitro groups is 1. The maximum atomic E-state index is 12.7. The van der Waals surface area contributed by atoms with E-state index >= 15 is 0 Å². The highest BCUT2D eigenvalue weighted by molar-refractivity contribution is 7.16. The Labute approximate surface area is 163 Å². The fourth-order valence-electron chi connectivity index (χ4n) is 2.97. The normalized spacial score (nSPS) is 14.3. The standard InChI is InChI=1S/C17H14ClN3O5S/c1-9(15(22)19(2)8-10-6-7-13(18)27-10)20-16(23)11-4-3-5-12(21(25)26)14(11)17(20)24/h3-7,9H,8H2,1-2H3. The zero-order chi connectivity index (χ0) is 19.9. The lowest BCUT2D eigenvalue weighted by atomic mass is 10.1. The molecule has 0 aliphatic carbocycles. The number of fused-ring (bicyclic) bond motifs is 1. The molecule has 0 N–H and O–H groups in total. The van der Waals surface area contributed by atoms with E-state index < -0.39 is 34.4 Å². The number of rotatable bonds is 5. The maximum absolute atomic E-state index is 12.7. The first-order chi connectivity index (χ1) is 12.7. The molecule has 1 aromatic carbocycles. The number of halogens is 1. The number of thiophene rings is 1. The van der Waals surface area contributed by atoms with Crippen molar-refractivity contribution in [3.63, 3.8) is 0 Å². The number of imide groups is 1. The smallest absolute Gasteiger partial charge is 0.282 e. The zero-order valence-electron chi connectivity index (χ0n) is 14.3. The van der Waals surface area contributed by atoms with Gasteiger partial charge in [-0.15, -0.1) is 11.3 Å². The average molecular weight is 408 g/mol. The van der Waals surface area contributed by atoms with Gasteiger partial charge in [0, 0.05) is 18.0 Å². The van der Waals surface area contributed by atoms with Crippen molar-refractivity contribution in [2.45, 2.75) is 19.5 Å². The second-order valence-electron chi connectivity index (χ2n) is 6.01. The van der Waals surface area contributed by atoms with Crippen molar-refractivity contribution in [2.75, 3.05) is 7.05 Å². The molecule has 0 radical (unpaired) electrons. The summed E-state index contributed by atoms with van der Waals surface area (Å²) < 4.78 is 0.589. The number of amides is 3. The van der Waals surface area contributed by atoms with E-state index in [1.165, 1.54) is 35.3 Å². The summed E-state index contributed by atoms with van der Waals surface area (Å²) in [5.74, 6) is -2.01. The molecule has 1 unspecified atom stereocenters. The molecule has 3 rings (SSSR count). The highest BCUT2D eigenvalue weighted by Crippen LogP contribution is 2.32. The summed E-state index contributed by atoms with van der Waals surface area (Å²) >= 11 is 7.20. The van der Waals surface area contributed by atoms with E-state index in [4.69, 9.17) is 11.6 Å². The number of likely N-dealkylation sites (N-methyl/N-ethyl adjacent to an activating group) is 1. The molecule has 1 aromatic heterocycles. The van der Waals surface area contributed by atoms with E-state index in [-0.39, 0.29) is 17.7 Å². The van der Waals surface area contributed by atoms with Crippen LogP contribution in [0.2, 0.25) is 4.34 Å². The first-order valence-corrected chi connectivity index (χ1v) is 9.06. The van der Waals surface area contributed by atoms with Gasteiger partial charge in [-0.3, -0.25) is 29.4 Å². The molecule has 10 heteroatoms. The molecule has 2 aromatic rings. The topological polar surface area (TPSA) is 101 Å². The van der Waals surface area contributed by atoms with E-state index in [0.29, 0.717) is 4.34 Å². The molecule has 140 valence electrons. The maximum Gasteiger partial charge on any atom is 0.282 e. The first-order valence-electron chi connectivity index (χ1n) is 7.87.